The molecule has 114 valence electrons. The highest BCUT2D eigenvalue weighted by atomic mass is 16.3. The number of benzene rings is 1. The molecule has 0 spiro atoms. The number of amides is 1. The van der Waals surface area contributed by atoms with Gasteiger partial charge in [-0.15, -0.1) is 0 Å². The molecular formula is C17H24N2O2. The molecule has 4 heteroatoms. The van der Waals surface area contributed by atoms with Gasteiger partial charge in [0, 0.05) is 12.0 Å². The monoisotopic (exact) mass is 288 g/mol. The normalized spacial score (nSPS) is 28.1. The summed E-state index contributed by atoms with van der Waals surface area (Å²) in [5.74, 6) is 0.0616. The van der Waals surface area contributed by atoms with Crippen LogP contribution in [0.4, 0.5) is 0 Å². The van der Waals surface area contributed by atoms with E-state index in [1.54, 1.807) is 0 Å². The Labute approximate surface area is 125 Å². The van der Waals surface area contributed by atoms with Gasteiger partial charge in [0.05, 0.1) is 11.6 Å². The molecule has 0 aromatic heterocycles. The molecule has 1 aromatic rings. The van der Waals surface area contributed by atoms with Gasteiger partial charge in [-0.05, 0) is 44.7 Å². The van der Waals surface area contributed by atoms with E-state index in [-0.39, 0.29) is 11.3 Å². The Morgan fingerprint density at radius 1 is 1.33 bits per heavy atom. The summed E-state index contributed by atoms with van der Waals surface area (Å²) in [4.78, 5) is 12.3. The van der Waals surface area contributed by atoms with E-state index in [0.29, 0.717) is 6.54 Å². The maximum Gasteiger partial charge on any atom is 0.240 e. The lowest BCUT2D eigenvalue weighted by molar-refractivity contribution is -0.127. The molecule has 1 aromatic carbocycles. The summed E-state index contributed by atoms with van der Waals surface area (Å²) in [5.41, 5.74) is 0.328. The fourth-order valence-corrected chi connectivity index (χ4v) is 3.24. The van der Waals surface area contributed by atoms with E-state index in [2.05, 4.69) is 10.6 Å². The Bertz CT molecular complexity index is 505. The summed E-state index contributed by atoms with van der Waals surface area (Å²) in [5, 5.41) is 16.9. The Balaban J connectivity index is 1.61. The van der Waals surface area contributed by atoms with Crippen LogP contribution in [0.25, 0.3) is 0 Å². The lowest BCUT2D eigenvalue weighted by atomic mass is 9.92. The van der Waals surface area contributed by atoms with Crippen molar-refractivity contribution in [2.24, 2.45) is 5.41 Å². The first-order valence-electron chi connectivity index (χ1n) is 7.82. The van der Waals surface area contributed by atoms with Crippen molar-refractivity contribution in [3.8, 4) is 0 Å². The van der Waals surface area contributed by atoms with E-state index < -0.39 is 11.6 Å². The van der Waals surface area contributed by atoms with Crippen LogP contribution in [0.5, 0.6) is 0 Å². The number of hydrogen-bond donors (Lipinski definition) is 3. The number of rotatable bonds is 5. The van der Waals surface area contributed by atoms with Gasteiger partial charge >= 0.3 is 0 Å². The third-order valence-electron chi connectivity index (χ3n) is 5.06. The van der Waals surface area contributed by atoms with Gasteiger partial charge in [0.1, 0.15) is 0 Å². The number of carbonyl (C=O) groups is 1. The van der Waals surface area contributed by atoms with Crippen LogP contribution >= 0.6 is 0 Å². The Kier molecular flexibility index (Phi) is 3.76. The average molecular weight is 288 g/mol. The van der Waals surface area contributed by atoms with Crippen LogP contribution < -0.4 is 10.6 Å². The van der Waals surface area contributed by atoms with Gasteiger partial charge in [-0.2, -0.15) is 0 Å². The fourth-order valence-electron chi connectivity index (χ4n) is 3.24. The van der Waals surface area contributed by atoms with E-state index in [1.165, 1.54) is 0 Å². The van der Waals surface area contributed by atoms with Gasteiger partial charge in [-0.3, -0.25) is 4.79 Å². The minimum absolute atomic E-state index is 0.0616. The van der Waals surface area contributed by atoms with Crippen LogP contribution in [-0.4, -0.2) is 29.6 Å². The van der Waals surface area contributed by atoms with Crippen molar-refractivity contribution in [3.05, 3.63) is 35.9 Å². The minimum atomic E-state index is -0.497. The molecule has 4 nitrogen and oxygen atoms in total. The minimum Gasteiger partial charge on any atom is -0.388 e. The molecule has 2 aliphatic rings. The largest absolute Gasteiger partial charge is 0.388 e. The molecule has 1 heterocycles. The molecule has 1 amide bonds. The van der Waals surface area contributed by atoms with Crippen LogP contribution in [0.15, 0.2) is 30.3 Å². The number of aliphatic hydroxyl groups is 1. The molecule has 2 fully saturated rings. The molecule has 0 radical (unpaired) electrons. The maximum absolute atomic E-state index is 12.3. The molecule has 1 aliphatic heterocycles. The zero-order valence-corrected chi connectivity index (χ0v) is 12.6. The van der Waals surface area contributed by atoms with Gasteiger partial charge in [0.15, 0.2) is 0 Å². The number of hydrogen-bond acceptors (Lipinski definition) is 3. The molecule has 2 atom stereocenters. The zero-order chi connectivity index (χ0) is 14.9. The van der Waals surface area contributed by atoms with Gasteiger partial charge < -0.3 is 15.7 Å². The van der Waals surface area contributed by atoms with Crippen molar-refractivity contribution in [2.75, 3.05) is 13.1 Å². The van der Waals surface area contributed by atoms with E-state index in [4.69, 9.17) is 0 Å². The highest BCUT2D eigenvalue weighted by Gasteiger charge is 2.50. The van der Waals surface area contributed by atoms with E-state index in [0.717, 1.165) is 37.8 Å². The van der Waals surface area contributed by atoms with Crippen molar-refractivity contribution in [1.82, 2.24) is 10.6 Å². The summed E-state index contributed by atoms with van der Waals surface area (Å²) in [6.45, 7) is 3.42. The second-order valence-corrected chi connectivity index (χ2v) is 6.72. The number of aliphatic hydroxyl groups excluding tert-OH is 1. The van der Waals surface area contributed by atoms with Crippen LogP contribution in [-0.2, 0) is 4.79 Å². The lowest BCUT2D eigenvalue weighted by Gasteiger charge is -2.27. The van der Waals surface area contributed by atoms with Gasteiger partial charge in [0.2, 0.25) is 5.91 Å². The van der Waals surface area contributed by atoms with Crippen molar-refractivity contribution >= 4 is 5.91 Å². The number of nitrogens with one attached hydrogen (secondary N) is 2. The summed E-state index contributed by atoms with van der Waals surface area (Å²) in [7, 11) is 0. The summed E-state index contributed by atoms with van der Waals surface area (Å²) < 4.78 is 0. The SMILES string of the molecule is CC1(C(=O)NCC2(C(O)c3ccccc3)CC2)CCCN1. The predicted molar refractivity (Wildman–Crippen MR) is 81.7 cm³/mol. The quantitative estimate of drug-likeness (QED) is 0.773. The average Bonchev–Trinajstić information content (AvgIpc) is 3.18. The van der Waals surface area contributed by atoms with Crippen molar-refractivity contribution in [2.45, 2.75) is 44.2 Å². The Morgan fingerprint density at radius 2 is 2.05 bits per heavy atom. The molecule has 1 aliphatic carbocycles. The maximum atomic E-state index is 12.3. The van der Waals surface area contributed by atoms with Gasteiger partial charge in [0.25, 0.3) is 0 Å². The first-order chi connectivity index (χ1) is 10.1. The lowest BCUT2D eigenvalue weighted by Crippen LogP contribution is -2.52. The zero-order valence-electron chi connectivity index (χ0n) is 12.6. The smallest absolute Gasteiger partial charge is 0.240 e. The molecule has 2 unspecified atom stereocenters. The highest BCUT2D eigenvalue weighted by molar-refractivity contribution is 5.86. The molecule has 0 bridgehead atoms. The summed E-state index contributed by atoms with van der Waals surface area (Å²) in [6, 6.07) is 9.73. The van der Waals surface area contributed by atoms with Crippen molar-refractivity contribution < 1.29 is 9.90 Å². The van der Waals surface area contributed by atoms with E-state index in [9.17, 15) is 9.90 Å². The molecule has 21 heavy (non-hydrogen) atoms. The topological polar surface area (TPSA) is 61.4 Å². The third-order valence-corrected chi connectivity index (χ3v) is 5.06. The first-order valence-corrected chi connectivity index (χ1v) is 7.82. The van der Waals surface area contributed by atoms with E-state index in [1.807, 2.05) is 37.3 Å². The highest BCUT2D eigenvalue weighted by Crippen LogP contribution is 2.54. The predicted octanol–water partition coefficient (Wildman–Crippen LogP) is 1.76. The van der Waals surface area contributed by atoms with E-state index >= 15 is 0 Å². The summed E-state index contributed by atoms with van der Waals surface area (Å²) in [6.07, 6.45) is 3.36. The molecule has 3 N–H and O–H groups in total. The molecule has 1 saturated heterocycles. The fraction of sp³-hybridized carbons (Fsp3) is 0.588. The van der Waals surface area contributed by atoms with Crippen LogP contribution in [0.2, 0.25) is 0 Å². The van der Waals surface area contributed by atoms with Gasteiger partial charge in [-0.1, -0.05) is 30.3 Å². The third kappa shape index (κ3) is 2.83. The standard InChI is InChI=1S/C17H24N2O2/c1-16(8-5-11-19-16)15(21)18-12-17(9-10-17)14(20)13-6-3-2-4-7-13/h2-4,6-7,14,19-20H,5,8-12H2,1H3,(H,18,21). The second kappa shape index (κ2) is 5.43. The van der Waals surface area contributed by atoms with Crippen LogP contribution in [0.3, 0.4) is 0 Å². The molecular weight excluding hydrogens is 264 g/mol. The van der Waals surface area contributed by atoms with Crippen LogP contribution in [0, 0.1) is 5.41 Å². The second-order valence-electron chi connectivity index (χ2n) is 6.72. The molecule has 1 saturated carbocycles. The Hall–Kier alpha value is -1.39. The molecule has 3 rings (SSSR count). The first kappa shape index (κ1) is 14.5. The van der Waals surface area contributed by atoms with Gasteiger partial charge in [-0.25, -0.2) is 0 Å². The Morgan fingerprint density at radius 3 is 2.62 bits per heavy atom. The van der Waals surface area contributed by atoms with Crippen molar-refractivity contribution in [3.63, 3.8) is 0 Å². The summed E-state index contributed by atoms with van der Waals surface area (Å²) >= 11 is 0. The van der Waals surface area contributed by atoms with Crippen LogP contribution in [0.1, 0.15) is 44.3 Å². The van der Waals surface area contributed by atoms with Crippen molar-refractivity contribution in [1.29, 1.82) is 0 Å². The number of carbonyl (C=O) groups excluding carboxylic acids is 1.